The van der Waals surface area contributed by atoms with Gasteiger partial charge in [-0.25, -0.2) is 4.98 Å². The summed E-state index contributed by atoms with van der Waals surface area (Å²) in [6, 6.07) is 17.9. The number of nitrogens with one attached hydrogen (secondary N) is 1. The molecule has 1 fully saturated rings. The molecule has 1 amide bonds. The van der Waals surface area contributed by atoms with Gasteiger partial charge in [0, 0.05) is 52.8 Å². The minimum absolute atomic E-state index is 0.0895. The maximum absolute atomic E-state index is 12.8. The molecule has 2 aromatic carbocycles. The molecular weight excluding hydrogens is 489 g/mol. The second-order valence-electron chi connectivity index (χ2n) is 7.47. The van der Waals surface area contributed by atoms with Crippen molar-refractivity contribution in [3.63, 3.8) is 0 Å². The second-order valence-corrected chi connectivity index (χ2v) is 8.71. The van der Waals surface area contributed by atoms with Crippen LogP contribution < -0.4 is 10.2 Å². The van der Waals surface area contributed by atoms with Crippen molar-refractivity contribution < 1.29 is 4.79 Å². The van der Waals surface area contributed by atoms with Crippen LogP contribution in [0.2, 0.25) is 0 Å². The summed E-state index contributed by atoms with van der Waals surface area (Å²) in [5.41, 5.74) is 3.83. The topological polar surface area (TPSA) is 61.4 Å². The lowest BCUT2D eigenvalue weighted by Gasteiger charge is -2.35. The summed E-state index contributed by atoms with van der Waals surface area (Å²) >= 11 is 2.25. The van der Waals surface area contributed by atoms with Gasteiger partial charge in [0.1, 0.15) is 5.82 Å². The molecule has 6 nitrogen and oxygen atoms in total. The number of rotatable bonds is 4. The van der Waals surface area contributed by atoms with Crippen molar-refractivity contribution in [1.29, 1.82) is 0 Å². The zero-order chi connectivity index (χ0) is 21.1. The Hall–Kier alpha value is -2.68. The Morgan fingerprint density at radius 2 is 1.60 bits per heavy atom. The third-order valence-corrected chi connectivity index (χ3v) is 5.85. The smallest absolute Gasteiger partial charge is 0.253 e. The SMILES string of the molecule is Cc1ccc(Nc2nc(C)cc(N3CCN(C(=O)c4ccc(I)cc4)CC3)n2)cc1. The number of hydrogen-bond donors (Lipinski definition) is 1. The molecule has 7 heteroatoms. The molecule has 4 rings (SSSR count). The van der Waals surface area contributed by atoms with Gasteiger partial charge < -0.3 is 15.1 Å². The number of piperazine rings is 1. The quantitative estimate of drug-likeness (QED) is 0.524. The Balaban J connectivity index is 1.42. The van der Waals surface area contributed by atoms with E-state index in [0.29, 0.717) is 19.0 Å². The van der Waals surface area contributed by atoms with E-state index in [0.717, 1.165) is 39.4 Å². The summed E-state index contributed by atoms with van der Waals surface area (Å²) in [6.45, 7) is 6.88. The van der Waals surface area contributed by atoms with E-state index >= 15 is 0 Å². The van der Waals surface area contributed by atoms with Gasteiger partial charge in [0.25, 0.3) is 5.91 Å². The molecule has 0 aliphatic carbocycles. The highest BCUT2D eigenvalue weighted by Gasteiger charge is 2.23. The molecule has 1 aliphatic rings. The largest absolute Gasteiger partial charge is 0.353 e. The van der Waals surface area contributed by atoms with Gasteiger partial charge in [-0.15, -0.1) is 0 Å². The predicted octanol–water partition coefficient (Wildman–Crippen LogP) is 4.40. The van der Waals surface area contributed by atoms with Crippen LogP contribution in [0.5, 0.6) is 0 Å². The first-order chi connectivity index (χ1) is 14.5. The summed E-state index contributed by atoms with van der Waals surface area (Å²) in [5.74, 6) is 1.57. The zero-order valence-corrected chi connectivity index (χ0v) is 19.3. The molecule has 2 heterocycles. The lowest BCUT2D eigenvalue weighted by molar-refractivity contribution is 0.0746. The molecule has 0 radical (unpaired) electrons. The number of nitrogens with zero attached hydrogens (tertiary/aromatic N) is 4. The van der Waals surface area contributed by atoms with Crippen LogP contribution in [0.15, 0.2) is 54.6 Å². The van der Waals surface area contributed by atoms with E-state index in [9.17, 15) is 4.79 Å². The van der Waals surface area contributed by atoms with Crippen molar-refractivity contribution in [3.05, 3.63) is 75.0 Å². The van der Waals surface area contributed by atoms with Crippen LogP contribution in [0.1, 0.15) is 21.6 Å². The molecule has 1 N–H and O–H groups in total. The van der Waals surface area contributed by atoms with Gasteiger partial charge in [-0.3, -0.25) is 4.79 Å². The maximum atomic E-state index is 12.8. The summed E-state index contributed by atoms with van der Waals surface area (Å²) in [5, 5.41) is 3.29. The van der Waals surface area contributed by atoms with Gasteiger partial charge in [-0.1, -0.05) is 17.7 Å². The molecule has 0 saturated carbocycles. The van der Waals surface area contributed by atoms with Gasteiger partial charge in [0.05, 0.1) is 0 Å². The Morgan fingerprint density at radius 3 is 2.27 bits per heavy atom. The van der Waals surface area contributed by atoms with Gasteiger partial charge in [-0.05, 0) is 72.8 Å². The van der Waals surface area contributed by atoms with E-state index < -0.39 is 0 Å². The minimum Gasteiger partial charge on any atom is -0.353 e. The van der Waals surface area contributed by atoms with Crippen LogP contribution in [0.3, 0.4) is 0 Å². The van der Waals surface area contributed by atoms with Crippen molar-refractivity contribution in [2.24, 2.45) is 0 Å². The molecule has 30 heavy (non-hydrogen) atoms. The lowest BCUT2D eigenvalue weighted by atomic mass is 10.2. The first-order valence-electron chi connectivity index (χ1n) is 9.97. The monoisotopic (exact) mass is 513 g/mol. The lowest BCUT2D eigenvalue weighted by Crippen LogP contribution is -2.49. The standard InChI is InChI=1S/C23H24IN5O/c1-16-3-9-20(10-4-16)26-23-25-17(2)15-21(27-23)28-11-13-29(14-12-28)22(30)18-5-7-19(24)8-6-18/h3-10,15H,11-14H2,1-2H3,(H,25,26,27). The molecule has 1 aliphatic heterocycles. The van der Waals surface area contributed by atoms with Crippen molar-refractivity contribution in [2.75, 3.05) is 36.4 Å². The van der Waals surface area contributed by atoms with Crippen LogP contribution in [-0.2, 0) is 0 Å². The van der Waals surface area contributed by atoms with E-state index in [2.05, 4.69) is 56.8 Å². The van der Waals surface area contributed by atoms with Gasteiger partial charge in [0.15, 0.2) is 0 Å². The number of halogens is 1. The first kappa shape index (κ1) is 20.6. The number of benzene rings is 2. The van der Waals surface area contributed by atoms with Gasteiger partial charge in [-0.2, -0.15) is 4.98 Å². The maximum Gasteiger partial charge on any atom is 0.253 e. The van der Waals surface area contributed by atoms with Crippen molar-refractivity contribution in [3.8, 4) is 0 Å². The molecule has 0 bridgehead atoms. The fraction of sp³-hybridized carbons (Fsp3) is 0.261. The molecule has 154 valence electrons. The summed E-state index contributed by atoms with van der Waals surface area (Å²) in [7, 11) is 0. The number of anilines is 3. The molecule has 0 spiro atoms. The minimum atomic E-state index is 0.0895. The fourth-order valence-corrected chi connectivity index (χ4v) is 3.81. The van der Waals surface area contributed by atoms with Crippen LogP contribution in [0.4, 0.5) is 17.5 Å². The summed E-state index contributed by atoms with van der Waals surface area (Å²) in [4.78, 5) is 26.1. The third kappa shape index (κ3) is 4.89. The average molecular weight is 513 g/mol. The third-order valence-electron chi connectivity index (χ3n) is 5.13. The van der Waals surface area contributed by atoms with Crippen LogP contribution >= 0.6 is 22.6 Å². The van der Waals surface area contributed by atoms with Crippen molar-refractivity contribution in [1.82, 2.24) is 14.9 Å². The first-order valence-corrected chi connectivity index (χ1v) is 11.0. The van der Waals surface area contributed by atoms with E-state index in [1.165, 1.54) is 5.56 Å². The fourth-order valence-electron chi connectivity index (χ4n) is 3.45. The van der Waals surface area contributed by atoms with Gasteiger partial charge >= 0.3 is 0 Å². The molecule has 0 unspecified atom stereocenters. The Bertz CT molecular complexity index is 1030. The Labute approximate surface area is 190 Å². The van der Waals surface area contributed by atoms with E-state index in [1.54, 1.807) is 0 Å². The highest BCUT2D eigenvalue weighted by atomic mass is 127. The van der Waals surface area contributed by atoms with E-state index in [-0.39, 0.29) is 5.91 Å². The van der Waals surface area contributed by atoms with Crippen LogP contribution in [0.25, 0.3) is 0 Å². The Morgan fingerprint density at radius 1 is 0.933 bits per heavy atom. The number of aryl methyl sites for hydroxylation is 2. The number of amides is 1. The highest BCUT2D eigenvalue weighted by molar-refractivity contribution is 14.1. The average Bonchev–Trinajstić information content (AvgIpc) is 2.75. The zero-order valence-electron chi connectivity index (χ0n) is 17.1. The summed E-state index contributed by atoms with van der Waals surface area (Å²) < 4.78 is 1.13. The van der Waals surface area contributed by atoms with Crippen molar-refractivity contribution >= 4 is 46.0 Å². The van der Waals surface area contributed by atoms with E-state index in [1.807, 2.05) is 54.3 Å². The number of hydrogen-bond acceptors (Lipinski definition) is 5. The van der Waals surface area contributed by atoms with Crippen molar-refractivity contribution in [2.45, 2.75) is 13.8 Å². The van der Waals surface area contributed by atoms with Gasteiger partial charge in [0.2, 0.25) is 5.95 Å². The van der Waals surface area contributed by atoms with Crippen LogP contribution in [-0.4, -0.2) is 47.0 Å². The second kappa shape index (κ2) is 8.99. The molecule has 1 saturated heterocycles. The number of carbonyl (C=O) groups is 1. The Kier molecular flexibility index (Phi) is 6.17. The predicted molar refractivity (Wildman–Crippen MR) is 129 cm³/mol. The van der Waals surface area contributed by atoms with Crippen LogP contribution in [0, 0.1) is 17.4 Å². The molecule has 3 aromatic rings. The number of aromatic nitrogens is 2. The highest BCUT2D eigenvalue weighted by Crippen LogP contribution is 2.20. The molecule has 0 atom stereocenters. The van der Waals surface area contributed by atoms with E-state index in [4.69, 9.17) is 4.98 Å². The molecule has 1 aromatic heterocycles. The molecular formula is C23H24IN5O. The summed E-state index contributed by atoms with van der Waals surface area (Å²) in [6.07, 6.45) is 0. The normalized spacial score (nSPS) is 14.0. The number of carbonyl (C=O) groups excluding carboxylic acids is 1.